The second kappa shape index (κ2) is 10.2. The Hall–Kier alpha value is -3.48. The Bertz CT molecular complexity index is 995. The highest BCUT2D eigenvalue weighted by atomic mass is 15.0. The molecule has 0 saturated heterocycles. The summed E-state index contributed by atoms with van der Waals surface area (Å²) in [5, 5.41) is 45.0. The fourth-order valence-corrected chi connectivity index (χ4v) is 5.61. The first kappa shape index (κ1) is 25.1. The van der Waals surface area contributed by atoms with Crippen molar-refractivity contribution >= 4 is 0 Å². The molecule has 0 aromatic heterocycles. The zero-order valence-electron chi connectivity index (χ0n) is 20.8. The largest absolute Gasteiger partial charge is 0.384 e. The van der Waals surface area contributed by atoms with E-state index >= 15 is 0 Å². The van der Waals surface area contributed by atoms with Gasteiger partial charge in [0, 0.05) is 23.5 Å². The monoisotopic (exact) mass is 454 g/mol. The lowest BCUT2D eigenvalue weighted by Gasteiger charge is -2.40. The summed E-state index contributed by atoms with van der Waals surface area (Å²) < 4.78 is 0. The maximum atomic E-state index is 9.38. The number of hydrogen-bond acceptors (Lipinski definition) is 6. The van der Waals surface area contributed by atoms with Gasteiger partial charge < -0.3 is 10.6 Å². The Morgan fingerprint density at radius 1 is 0.676 bits per heavy atom. The van der Waals surface area contributed by atoms with Crippen LogP contribution in [0.25, 0.3) is 0 Å². The van der Waals surface area contributed by atoms with Gasteiger partial charge in [0.2, 0.25) is 0 Å². The number of hydrogen-bond donors (Lipinski definition) is 2. The van der Waals surface area contributed by atoms with Crippen molar-refractivity contribution < 1.29 is 0 Å². The molecule has 176 valence electrons. The van der Waals surface area contributed by atoms with E-state index in [0.29, 0.717) is 0 Å². The topological polar surface area (TPSA) is 119 Å². The van der Waals surface area contributed by atoms with Crippen LogP contribution in [0, 0.1) is 56.2 Å². The van der Waals surface area contributed by atoms with Crippen LogP contribution in [0.3, 0.4) is 0 Å². The maximum Gasteiger partial charge on any atom is 0.132 e. The van der Waals surface area contributed by atoms with Gasteiger partial charge >= 0.3 is 0 Å². The van der Waals surface area contributed by atoms with Crippen LogP contribution in [-0.4, -0.2) is 12.1 Å². The minimum atomic E-state index is -0.0242. The van der Waals surface area contributed by atoms with E-state index in [4.69, 9.17) is 0 Å². The van der Waals surface area contributed by atoms with Crippen LogP contribution in [0.4, 0.5) is 0 Å². The Labute approximate surface area is 203 Å². The Morgan fingerprint density at radius 3 is 1.35 bits per heavy atom. The molecule has 0 bridgehead atoms. The second-order valence-electron chi connectivity index (χ2n) is 11.4. The smallest absolute Gasteiger partial charge is 0.132 e. The van der Waals surface area contributed by atoms with E-state index in [9.17, 15) is 21.0 Å². The minimum Gasteiger partial charge on any atom is -0.384 e. The number of nitriles is 4. The summed E-state index contributed by atoms with van der Waals surface area (Å²) in [6.45, 7) is 8.70. The van der Waals surface area contributed by atoms with E-state index in [1.54, 1.807) is 0 Å². The predicted octanol–water partition coefficient (Wildman–Crippen LogP) is 5.57. The van der Waals surface area contributed by atoms with Crippen molar-refractivity contribution in [3.8, 4) is 24.3 Å². The molecule has 2 atom stereocenters. The first-order valence-electron chi connectivity index (χ1n) is 12.1. The lowest BCUT2D eigenvalue weighted by atomic mass is 9.75. The van der Waals surface area contributed by atoms with Crippen molar-refractivity contribution in [1.29, 1.82) is 21.0 Å². The molecule has 3 aliphatic rings. The molecule has 0 spiro atoms. The fourth-order valence-electron chi connectivity index (χ4n) is 5.61. The van der Waals surface area contributed by atoms with Gasteiger partial charge in [-0.25, -0.2) is 0 Å². The second-order valence-corrected chi connectivity index (χ2v) is 11.4. The molecule has 0 aliphatic heterocycles. The van der Waals surface area contributed by atoms with Gasteiger partial charge in [-0.3, -0.25) is 0 Å². The molecule has 6 heteroatoms. The van der Waals surface area contributed by atoms with Crippen LogP contribution < -0.4 is 10.6 Å². The van der Waals surface area contributed by atoms with Gasteiger partial charge in [0.25, 0.3) is 0 Å². The van der Waals surface area contributed by atoms with Crippen LogP contribution >= 0.6 is 0 Å². The van der Waals surface area contributed by atoms with Gasteiger partial charge in [0.15, 0.2) is 0 Å². The summed E-state index contributed by atoms with van der Waals surface area (Å²) in [5.41, 5.74) is 4.15. The maximum absolute atomic E-state index is 9.38. The van der Waals surface area contributed by atoms with E-state index < -0.39 is 0 Å². The third-order valence-corrected chi connectivity index (χ3v) is 6.97. The number of nitrogens with zero attached hydrogens (tertiary/aromatic N) is 4. The van der Waals surface area contributed by atoms with Crippen molar-refractivity contribution in [2.45, 2.75) is 91.1 Å². The van der Waals surface area contributed by atoms with Crippen molar-refractivity contribution in [2.24, 2.45) is 10.8 Å². The highest BCUT2D eigenvalue weighted by molar-refractivity contribution is 5.48. The third-order valence-electron chi connectivity index (χ3n) is 6.97. The van der Waals surface area contributed by atoms with Crippen molar-refractivity contribution in [3.63, 3.8) is 0 Å². The first-order valence-corrected chi connectivity index (χ1v) is 12.1. The highest BCUT2D eigenvalue weighted by Crippen LogP contribution is 2.40. The third kappa shape index (κ3) is 6.10. The van der Waals surface area contributed by atoms with E-state index in [1.165, 1.54) is 0 Å². The Kier molecular flexibility index (Phi) is 7.54. The van der Waals surface area contributed by atoms with Crippen molar-refractivity contribution in [2.75, 3.05) is 0 Å². The van der Waals surface area contributed by atoms with E-state index in [2.05, 4.69) is 62.6 Å². The molecule has 6 nitrogen and oxygen atoms in total. The van der Waals surface area contributed by atoms with E-state index in [0.717, 1.165) is 73.9 Å². The summed E-state index contributed by atoms with van der Waals surface area (Å²) >= 11 is 0. The van der Waals surface area contributed by atoms with Crippen LogP contribution in [0.1, 0.15) is 79.1 Å². The van der Waals surface area contributed by atoms with E-state index in [1.807, 2.05) is 12.2 Å². The number of rotatable bonds is 4. The molecule has 3 rings (SSSR count). The summed E-state index contributed by atoms with van der Waals surface area (Å²) in [6, 6.07) is 8.67. The van der Waals surface area contributed by atoms with Crippen LogP contribution in [-0.2, 0) is 0 Å². The van der Waals surface area contributed by atoms with Gasteiger partial charge in [-0.1, -0.05) is 40.5 Å². The van der Waals surface area contributed by atoms with E-state index in [-0.39, 0.29) is 34.1 Å². The fraction of sp³-hybridized carbons (Fsp3) is 0.571. The van der Waals surface area contributed by atoms with Gasteiger partial charge in [0.1, 0.15) is 35.4 Å². The molecule has 2 N–H and O–H groups in total. The zero-order valence-corrected chi connectivity index (χ0v) is 20.8. The molecule has 0 radical (unpaired) electrons. The van der Waals surface area contributed by atoms with Crippen molar-refractivity contribution in [1.82, 2.24) is 10.6 Å². The quantitative estimate of drug-likeness (QED) is 0.536. The van der Waals surface area contributed by atoms with Gasteiger partial charge in [0.05, 0.1) is 0 Å². The highest BCUT2D eigenvalue weighted by Gasteiger charge is 2.33. The van der Waals surface area contributed by atoms with Gasteiger partial charge in [-0.05, 0) is 72.7 Å². The molecular weight excluding hydrogens is 420 g/mol. The number of nitrogens with one attached hydrogen (secondary N) is 2. The first-order chi connectivity index (χ1) is 16.1. The summed E-state index contributed by atoms with van der Waals surface area (Å²) in [5.74, 6) is 0. The lowest BCUT2D eigenvalue weighted by molar-refractivity contribution is 0.274. The Morgan fingerprint density at radius 2 is 1.03 bits per heavy atom. The summed E-state index contributed by atoms with van der Waals surface area (Å²) in [7, 11) is 0. The molecule has 1 fully saturated rings. The Balaban J connectivity index is 1.85. The van der Waals surface area contributed by atoms with Crippen molar-refractivity contribution in [3.05, 3.63) is 45.8 Å². The molecule has 3 aliphatic carbocycles. The average molecular weight is 455 g/mol. The molecule has 0 aromatic rings. The normalized spacial score (nSPS) is 25.3. The standard InChI is InChI=1S/C28H34N6/c1-27(2)11-19(21(15-29)16-30)9-23(13-27)33-25-7-5-6-8-26(25)34-24-10-20(22(17-31)18-32)12-28(3,4)14-24/h9-10,25-26,33-34H,5-8,11-14H2,1-4H3. The van der Waals surface area contributed by atoms with Gasteiger partial charge in [-0.15, -0.1) is 0 Å². The molecule has 0 aromatic carbocycles. The molecule has 34 heavy (non-hydrogen) atoms. The number of allylic oxidation sites excluding steroid dienone is 8. The molecule has 1 saturated carbocycles. The molecule has 0 amide bonds. The summed E-state index contributed by atoms with van der Waals surface area (Å²) in [6.07, 6.45) is 11.6. The zero-order chi connectivity index (χ0) is 24.9. The van der Waals surface area contributed by atoms with Gasteiger partial charge in [-0.2, -0.15) is 21.0 Å². The SMILES string of the molecule is CC1(C)CC(NC2CCCCC2NC2=CC(=C(C#N)C#N)CC(C)(C)C2)=CC(=C(C#N)C#N)C1. The van der Waals surface area contributed by atoms with Crippen LogP contribution in [0.5, 0.6) is 0 Å². The molecule has 0 heterocycles. The average Bonchev–Trinajstić information content (AvgIpc) is 2.75. The molecular formula is C28H34N6. The summed E-state index contributed by atoms with van der Waals surface area (Å²) in [4.78, 5) is 0. The van der Waals surface area contributed by atoms with Crippen LogP contribution in [0.15, 0.2) is 45.8 Å². The lowest BCUT2D eigenvalue weighted by Crippen LogP contribution is -2.50. The predicted molar refractivity (Wildman–Crippen MR) is 131 cm³/mol. The molecule has 2 unspecified atom stereocenters. The van der Waals surface area contributed by atoms with Crippen LogP contribution in [0.2, 0.25) is 0 Å². The minimum absolute atomic E-state index is 0.0242.